The molecule has 2 rings (SSSR count). The molecule has 0 spiro atoms. The van der Waals surface area contributed by atoms with Crippen LogP contribution in [-0.4, -0.2) is 5.78 Å². The minimum atomic E-state index is 0.0201. The molecule has 0 aliphatic rings. The zero-order chi connectivity index (χ0) is 13.1. The van der Waals surface area contributed by atoms with Crippen molar-refractivity contribution >= 4 is 44.9 Å². The van der Waals surface area contributed by atoms with Crippen LogP contribution in [0, 0.1) is 0 Å². The standard InChI is InChI=1S/C14H9BrCl2O/c15-11-3-1-9(2-4-11)14(18)8-10-7-12(16)5-6-13(10)17/h1-7H,8H2. The fourth-order valence-electron chi connectivity index (χ4n) is 1.59. The molecule has 92 valence electrons. The molecule has 0 saturated heterocycles. The summed E-state index contributed by atoms with van der Waals surface area (Å²) < 4.78 is 0.944. The molecule has 0 N–H and O–H groups in total. The predicted molar refractivity (Wildman–Crippen MR) is 78.6 cm³/mol. The normalized spacial score (nSPS) is 10.4. The summed E-state index contributed by atoms with van der Waals surface area (Å²) in [5.41, 5.74) is 1.41. The van der Waals surface area contributed by atoms with E-state index in [0.29, 0.717) is 15.6 Å². The Bertz CT molecular complexity index is 579. The topological polar surface area (TPSA) is 17.1 Å². The number of carbonyl (C=O) groups excluding carboxylic acids is 1. The maximum Gasteiger partial charge on any atom is 0.167 e. The predicted octanol–water partition coefficient (Wildman–Crippen LogP) is 5.18. The Hall–Kier alpha value is -0.830. The zero-order valence-electron chi connectivity index (χ0n) is 9.29. The number of ketones is 1. The molecule has 0 saturated carbocycles. The van der Waals surface area contributed by atoms with E-state index in [-0.39, 0.29) is 12.2 Å². The molecule has 4 heteroatoms. The Labute approximate surface area is 124 Å². The second kappa shape index (κ2) is 5.87. The summed E-state index contributed by atoms with van der Waals surface area (Å²) in [5, 5.41) is 1.14. The van der Waals surface area contributed by atoms with Gasteiger partial charge in [0.15, 0.2) is 5.78 Å². The second-order valence-electron chi connectivity index (χ2n) is 3.84. The number of rotatable bonds is 3. The molecule has 2 aromatic carbocycles. The highest BCUT2D eigenvalue weighted by molar-refractivity contribution is 9.10. The van der Waals surface area contributed by atoms with Crippen molar-refractivity contribution in [2.24, 2.45) is 0 Å². The van der Waals surface area contributed by atoms with Crippen LogP contribution < -0.4 is 0 Å². The minimum Gasteiger partial charge on any atom is -0.294 e. The van der Waals surface area contributed by atoms with E-state index in [1.54, 1.807) is 30.3 Å². The summed E-state index contributed by atoms with van der Waals surface area (Å²) in [5.74, 6) is 0.0201. The Morgan fingerprint density at radius 3 is 2.39 bits per heavy atom. The van der Waals surface area contributed by atoms with Crippen LogP contribution in [-0.2, 0) is 6.42 Å². The average Bonchev–Trinajstić information content (AvgIpc) is 2.34. The largest absolute Gasteiger partial charge is 0.294 e. The third-order valence-electron chi connectivity index (χ3n) is 2.52. The van der Waals surface area contributed by atoms with Gasteiger partial charge in [-0.25, -0.2) is 0 Å². The number of hydrogen-bond acceptors (Lipinski definition) is 1. The monoisotopic (exact) mass is 342 g/mol. The average molecular weight is 344 g/mol. The van der Waals surface area contributed by atoms with E-state index in [0.717, 1.165) is 10.0 Å². The van der Waals surface area contributed by atoms with Crippen LogP contribution in [0.15, 0.2) is 46.9 Å². The molecule has 0 amide bonds. The summed E-state index contributed by atoms with van der Waals surface area (Å²) in [4.78, 5) is 12.1. The lowest BCUT2D eigenvalue weighted by molar-refractivity contribution is 0.0993. The van der Waals surface area contributed by atoms with Gasteiger partial charge in [-0.2, -0.15) is 0 Å². The number of halogens is 3. The highest BCUT2D eigenvalue weighted by atomic mass is 79.9. The van der Waals surface area contributed by atoms with Gasteiger partial charge in [0.25, 0.3) is 0 Å². The number of Topliss-reactive ketones (excluding diaryl/α,β-unsaturated/α-hetero) is 1. The Balaban J connectivity index is 2.21. The molecule has 0 heterocycles. The van der Waals surface area contributed by atoms with E-state index in [9.17, 15) is 4.79 Å². The minimum absolute atomic E-state index is 0.0201. The van der Waals surface area contributed by atoms with Crippen molar-refractivity contribution in [1.82, 2.24) is 0 Å². The number of hydrogen-bond donors (Lipinski definition) is 0. The third kappa shape index (κ3) is 3.35. The lowest BCUT2D eigenvalue weighted by Crippen LogP contribution is -2.03. The van der Waals surface area contributed by atoms with E-state index in [2.05, 4.69) is 15.9 Å². The van der Waals surface area contributed by atoms with Gasteiger partial charge in [-0.3, -0.25) is 4.79 Å². The van der Waals surface area contributed by atoms with Gasteiger partial charge in [-0.1, -0.05) is 51.3 Å². The van der Waals surface area contributed by atoms with Crippen LogP contribution >= 0.6 is 39.1 Å². The first-order chi connectivity index (χ1) is 8.56. The molecular weight excluding hydrogens is 335 g/mol. The lowest BCUT2D eigenvalue weighted by atomic mass is 10.0. The van der Waals surface area contributed by atoms with Gasteiger partial charge in [0.2, 0.25) is 0 Å². The van der Waals surface area contributed by atoms with Gasteiger partial charge in [-0.05, 0) is 35.9 Å². The van der Waals surface area contributed by atoms with Gasteiger partial charge >= 0.3 is 0 Å². The van der Waals surface area contributed by atoms with Crippen molar-refractivity contribution in [3.63, 3.8) is 0 Å². The SMILES string of the molecule is O=C(Cc1cc(Cl)ccc1Cl)c1ccc(Br)cc1. The maximum atomic E-state index is 12.1. The molecule has 0 bridgehead atoms. The number of carbonyl (C=O) groups is 1. The summed E-state index contributed by atoms with van der Waals surface area (Å²) in [6.45, 7) is 0. The van der Waals surface area contributed by atoms with Crippen LogP contribution in [0.3, 0.4) is 0 Å². The quantitative estimate of drug-likeness (QED) is 0.701. The molecule has 1 nitrogen and oxygen atoms in total. The van der Waals surface area contributed by atoms with Crippen LogP contribution in [0.2, 0.25) is 10.0 Å². The summed E-state index contributed by atoms with van der Waals surface area (Å²) >= 11 is 15.3. The summed E-state index contributed by atoms with van der Waals surface area (Å²) in [6.07, 6.45) is 0.251. The highest BCUT2D eigenvalue weighted by Crippen LogP contribution is 2.22. The first kappa shape index (κ1) is 13.6. The second-order valence-corrected chi connectivity index (χ2v) is 5.60. The fraction of sp³-hybridized carbons (Fsp3) is 0.0714. The van der Waals surface area contributed by atoms with E-state index < -0.39 is 0 Å². The first-order valence-electron chi connectivity index (χ1n) is 5.29. The third-order valence-corrected chi connectivity index (χ3v) is 3.66. The Morgan fingerprint density at radius 1 is 1.06 bits per heavy atom. The first-order valence-corrected chi connectivity index (χ1v) is 6.84. The van der Waals surface area contributed by atoms with Crippen LogP contribution in [0.25, 0.3) is 0 Å². The van der Waals surface area contributed by atoms with Crippen LogP contribution in [0.4, 0.5) is 0 Å². The number of benzene rings is 2. The van der Waals surface area contributed by atoms with E-state index in [1.807, 2.05) is 12.1 Å². The van der Waals surface area contributed by atoms with Gasteiger partial charge in [0, 0.05) is 26.5 Å². The van der Waals surface area contributed by atoms with Crippen molar-refractivity contribution in [2.45, 2.75) is 6.42 Å². The van der Waals surface area contributed by atoms with Crippen LogP contribution in [0.1, 0.15) is 15.9 Å². The van der Waals surface area contributed by atoms with Crippen molar-refractivity contribution in [2.75, 3.05) is 0 Å². The van der Waals surface area contributed by atoms with Crippen molar-refractivity contribution in [3.05, 3.63) is 68.1 Å². The Kier molecular flexibility index (Phi) is 4.44. The van der Waals surface area contributed by atoms with Gasteiger partial charge < -0.3 is 0 Å². The molecule has 0 aliphatic carbocycles. The molecule has 2 aromatic rings. The van der Waals surface area contributed by atoms with Crippen molar-refractivity contribution < 1.29 is 4.79 Å². The van der Waals surface area contributed by atoms with Gasteiger partial charge in [0.1, 0.15) is 0 Å². The lowest BCUT2D eigenvalue weighted by Gasteiger charge is -2.05. The smallest absolute Gasteiger partial charge is 0.167 e. The molecular formula is C14H9BrCl2O. The molecule has 0 aromatic heterocycles. The molecule has 0 aliphatic heterocycles. The van der Waals surface area contributed by atoms with Gasteiger partial charge in [0.05, 0.1) is 0 Å². The Morgan fingerprint density at radius 2 is 1.72 bits per heavy atom. The molecule has 0 atom stereocenters. The van der Waals surface area contributed by atoms with Crippen LogP contribution in [0.5, 0.6) is 0 Å². The summed E-state index contributed by atoms with van der Waals surface area (Å²) in [7, 11) is 0. The zero-order valence-corrected chi connectivity index (χ0v) is 12.4. The maximum absolute atomic E-state index is 12.1. The molecule has 0 radical (unpaired) electrons. The van der Waals surface area contributed by atoms with E-state index in [1.165, 1.54) is 0 Å². The van der Waals surface area contributed by atoms with Crippen molar-refractivity contribution in [1.29, 1.82) is 0 Å². The molecule has 0 fully saturated rings. The highest BCUT2D eigenvalue weighted by Gasteiger charge is 2.10. The van der Waals surface area contributed by atoms with E-state index >= 15 is 0 Å². The molecule has 0 unspecified atom stereocenters. The van der Waals surface area contributed by atoms with Crippen molar-refractivity contribution in [3.8, 4) is 0 Å². The molecule has 18 heavy (non-hydrogen) atoms. The van der Waals surface area contributed by atoms with E-state index in [4.69, 9.17) is 23.2 Å². The fourth-order valence-corrected chi connectivity index (χ4v) is 2.23. The van der Waals surface area contributed by atoms with Gasteiger partial charge in [-0.15, -0.1) is 0 Å². The summed E-state index contributed by atoms with van der Waals surface area (Å²) in [6, 6.07) is 12.4.